The van der Waals surface area contributed by atoms with Crippen LogP contribution in [-0.2, 0) is 4.74 Å². The number of carbonyl (C=O) groups is 1. The first-order chi connectivity index (χ1) is 13.1. The van der Waals surface area contributed by atoms with Gasteiger partial charge in [0.05, 0.1) is 7.11 Å². The molecule has 27 heavy (non-hydrogen) atoms. The lowest BCUT2D eigenvalue weighted by Crippen LogP contribution is -2.18. The highest BCUT2D eigenvalue weighted by atomic mass is 16.7. The van der Waals surface area contributed by atoms with Crippen LogP contribution in [0.25, 0.3) is 0 Å². The number of rotatable bonds is 7. The maximum atomic E-state index is 12.3. The van der Waals surface area contributed by atoms with Crippen LogP contribution < -0.4 is 19.5 Å². The van der Waals surface area contributed by atoms with E-state index < -0.39 is 12.2 Å². The zero-order valence-electron chi connectivity index (χ0n) is 14.8. The van der Waals surface area contributed by atoms with Crippen molar-refractivity contribution in [2.24, 2.45) is 0 Å². The van der Waals surface area contributed by atoms with Crippen molar-refractivity contribution in [1.29, 1.82) is 0 Å². The third kappa shape index (κ3) is 4.53. The number of aliphatic hydroxyl groups is 1. The number of phenolic OH excluding ortho intramolecular Hbond substituents is 1. The Balaban J connectivity index is 1.70. The second-order valence-electron chi connectivity index (χ2n) is 5.88. The van der Waals surface area contributed by atoms with Crippen molar-refractivity contribution < 1.29 is 34.0 Å². The van der Waals surface area contributed by atoms with Gasteiger partial charge in [-0.25, -0.2) is 4.79 Å². The number of hydrogen-bond acceptors (Lipinski definition) is 7. The number of hydrogen-bond donors (Lipinski definition) is 3. The van der Waals surface area contributed by atoms with E-state index in [1.807, 2.05) is 0 Å². The summed E-state index contributed by atoms with van der Waals surface area (Å²) in [6.45, 7) is 0.110. The van der Waals surface area contributed by atoms with Crippen molar-refractivity contribution in [1.82, 2.24) is 0 Å². The summed E-state index contributed by atoms with van der Waals surface area (Å²) in [6, 6.07) is 9.80. The molecule has 2 aromatic carbocycles. The summed E-state index contributed by atoms with van der Waals surface area (Å²) in [5.74, 6) is 1.43. The molecule has 0 bridgehead atoms. The molecule has 8 heteroatoms. The van der Waals surface area contributed by atoms with Crippen molar-refractivity contribution in [3.05, 3.63) is 42.0 Å². The fourth-order valence-electron chi connectivity index (χ4n) is 2.73. The summed E-state index contributed by atoms with van der Waals surface area (Å²) in [6.07, 6.45) is -0.457. The number of aromatic hydroxyl groups is 1. The van der Waals surface area contributed by atoms with E-state index in [-0.39, 0.29) is 19.1 Å². The SMILES string of the molecule is COc1ccc([C@@H](CCCO)OC(=O)Nc2ccc3c(c2)OCO3)cc1O. The first-order valence-electron chi connectivity index (χ1n) is 8.45. The summed E-state index contributed by atoms with van der Waals surface area (Å²) >= 11 is 0. The summed E-state index contributed by atoms with van der Waals surface area (Å²) in [4.78, 5) is 12.3. The fourth-order valence-corrected chi connectivity index (χ4v) is 2.73. The Morgan fingerprint density at radius 1 is 1.22 bits per heavy atom. The van der Waals surface area contributed by atoms with Gasteiger partial charge in [-0.1, -0.05) is 6.07 Å². The van der Waals surface area contributed by atoms with Gasteiger partial charge < -0.3 is 29.2 Å². The minimum Gasteiger partial charge on any atom is -0.504 e. The lowest BCUT2D eigenvalue weighted by molar-refractivity contribution is 0.0993. The number of nitrogens with one attached hydrogen (secondary N) is 1. The quantitative estimate of drug-likeness (QED) is 0.682. The highest BCUT2D eigenvalue weighted by Crippen LogP contribution is 2.35. The van der Waals surface area contributed by atoms with E-state index in [1.54, 1.807) is 30.3 Å². The van der Waals surface area contributed by atoms with E-state index in [4.69, 9.17) is 24.1 Å². The van der Waals surface area contributed by atoms with Crippen molar-refractivity contribution >= 4 is 11.8 Å². The Bertz CT molecular complexity index is 809. The van der Waals surface area contributed by atoms with Crippen LogP contribution in [0.4, 0.5) is 10.5 Å². The van der Waals surface area contributed by atoms with Crippen LogP contribution in [0, 0.1) is 0 Å². The molecule has 0 aromatic heterocycles. The Kier molecular flexibility index (Phi) is 5.87. The summed E-state index contributed by atoms with van der Waals surface area (Å²) < 4.78 is 21.0. The number of amides is 1. The smallest absolute Gasteiger partial charge is 0.412 e. The predicted octanol–water partition coefficient (Wildman–Crippen LogP) is 3.19. The lowest BCUT2D eigenvalue weighted by atomic mass is 10.0. The van der Waals surface area contributed by atoms with Crippen LogP contribution in [0.1, 0.15) is 24.5 Å². The molecule has 1 aliphatic heterocycles. The number of phenols is 1. The number of benzene rings is 2. The second kappa shape index (κ2) is 8.50. The zero-order chi connectivity index (χ0) is 19.2. The minimum absolute atomic E-state index is 0.0359. The van der Waals surface area contributed by atoms with E-state index in [0.29, 0.717) is 41.3 Å². The van der Waals surface area contributed by atoms with Gasteiger partial charge in [-0.3, -0.25) is 5.32 Å². The monoisotopic (exact) mass is 375 g/mol. The molecule has 0 saturated heterocycles. The molecule has 0 saturated carbocycles. The predicted molar refractivity (Wildman–Crippen MR) is 96.4 cm³/mol. The van der Waals surface area contributed by atoms with Gasteiger partial charge in [-0.15, -0.1) is 0 Å². The minimum atomic E-state index is -0.660. The van der Waals surface area contributed by atoms with Crippen molar-refractivity contribution in [3.63, 3.8) is 0 Å². The molecule has 8 nitrogen and oxygen atoms in total. The number of carbonyl (C=O) groups excluding carboxylic acids is 1. The molecule has 0 fully saturated rings. The van der Waals surface area contributed by atoms with E-state index in [9.17, 15) is 9.90 Å². The molecule has 0 aliphatic carbocycles. The van der Waals surface area contributed by atoms with E-state index in [0.717, 1.165) is 0 Å². The number of fused-ring (bicyclic) bond motifs is 1. The van der Waals surface area contributed by atoms with Gasteiger partial charge in [0.2, 0.25) is 6.79 Å². The topological polar surface area (TPSA) is 106 Å². The van der Waals surface area contributed by atoms with Crippen LogP contribution in [0.15, 0.2) is 36.4 Å². The van der Waals surface area contributed by atoms with Crippen molar-refractivity contribution in [3.8, 4) is 23.0 Å². The Labute approximate surface area is 156 Å². The van der Waals surface area contributed by atoms with Gasteiger partial charge >= 0.3 is 6.09 Å². The largest absolute Gasteiger partial charge is 0.504 e. The van der Waals surface area contributed by atoms with Crippen LogP contribution in [0.5, 0.6) is 23.0 Å². The Hall–Kier alpha value is -3.13. The average molecular weight is 375 g/mol. The van der Waals surface area contributed by atoms with Crippen LogP contribution in [-0.4, -0.2) is 36.8 Å². The molecule has 144 valence electrons. The highest BCUT2D eigenvalue weighted by molar-refractivity contribution is 5.85. The zero-order valence-corrected chi connectivity index (χ0v) is 14.8. The van der Waals surface area contributed by atoms with E-state index in [1.165, 1.54) is 13.2 Å². The Morgan fingerprint density at radius 3 is 2.78 bits per heavy atom. The molecule has 1 atom stereocenters. The third-order valence-corrected chi connectivity index (χ3v) is 4.07. The summed E-state index contributed by atoms with van der Waals surface area (Å²) in [5, 5.41) is 21.7. The van der Waals surface area contributed by atoms with E-state index >= 15 is 0 Å². The van der Waals surface area contributed by atoms with Gasteiger partial charge in [0.25, 0.3) is 0 Å². The first-order valence-corrected chi connectivity index (χ1v) is 8.45. The molecule has 0 spiro atoms. The van der Waals surface area contributed by atoms with Gasteiger partial charge in [-0.05, 0) is 42.7 Å². The second-order valence-corrected chi connectivity index (χ2v) is 5.88. The molecule has 1 heterocycles. The maximum absolute atomic E-state index is 12.3. The molecular weight excluding hydrogens is 354 g/mol. The summed E-state index contributed by atoms with van der Waals surface area (Å²) in [7, 11) is 1.45. The van der Waals surface area contributed by atoms with Crippen molar-refractivity contribution in [2.45, 2.75) is 18.9 Å². The number of aliphatic hydroxyl groups excluding tert-OH is 1. The number of anilines is 1. The van der Waals surface area contributed by atoms with Gasteiger partial charge in [0.15, 0.2) is 23.0 Å². The first kappa shape index (κ1) is 18.7. The van der Waals surface area contributed by atoms with Crippen LogP contribution in [0.3, 0.4) is 0 Å². The molecular formula is C19H21NO7. The van der Waals surface area contributed by atoms with Crippen LogP contribution >= 0.6 is 0 Å². The molecule has 3 N–H and O–H groups in total. The number of methoxy groups -OCH3 is 1. The Morgan fingerprint density at radius 2 is 2.04 bits per heavy atom. The highest BCUT2D eigenvalue weighted by Gasteiger charge is 2.20. The van der Waals surface area contributed by atoms with Gasteiger partial charge in [0.1, 0.15) is 6.10 Å². The normalized spacial score (nSPS) is 13.1. The molecule has 2 aromatic rings. The molecule has 1 amide bonds. The van der Waals surface area contributed by atoms with E-state index in [2.05, 4.69) is 5.32 Å². The van der Waals surface area contributed by atoms with Gasteiger partial charge in [-0.2, -0.15) is 0 Å². The fraction of sp³-hybridized carbons (Fsp3) is 0.316. The molecule has 0 radical (unpaired) electrons. The molecule has 0 unspecified atom stereocenters. The number of ether oxygens (including phenoxy) is 4. The van der Waals surface area contributed by atoms with Crippen molar-refractivity contribution in [2.75, 3.05) is 25.8 Å². The maximum Gasteiger partial charge on any atom is 0.412 e. The van der Waals surface area contributed by atoms with Gasteiger partial charge in [0, 0.05) is 18.4 Å². The molecule has 1 aliphatic rings. The lowest BCUT2D eigenvalue weighted by Gasteiger charge is -2.19. The van der Waals surface area contributed by atoms with Crippen LogP contribution in [0.2, 0.25) is 0 Å². The average Bonchev–Trinajstić information content (AvgIpc) is 3.12. The standard InChI is InChI=1S/C19H21NO7/c1-24-16-6-4-12(9-14(16)22)15(3-2-8-21)27-19(23)20-13-5-7-17-18(10-13)26-11-25-17/h4-7,9-10,15,21-22H,2-3,8,11H2,1H3,(H,20,23)/t15-/m1/s1. The third-order valence-electron chi connectivity index (χ3n) is 4.07. The molecule has 3 rings (SSSR count). The summed E-state index contributed by atoms with van der Waals surface area (Å²) in [5.41, 5.74) is 1.10.